The maximum Gasteiger partial charge on any atom is 0.302 e. The number of esters is 1. The van der Waals surface area contributed by atoms with Crippen LogP contribution in [0.4, 0.5) is 0 Å². The van der Waals surface area contributed by atoms with Crippen molar-refractivity contribution in [3.05, 3.63) is 0 Å². The number of unbranched alkanes of at least 4 members (excludes halogenated alkanes) is 1. The summed E-state index contributed by atoms with van der Waals surface area (Å²) >= 11 is 1.94. The highest BCUT2D eigenvalue weighted by molar-refractivity contribution is 7.99. The summed E-state index contributed by atoms with van der Waals surface area (Å²) in [5.41, 5.74) is 0. The third-order valence-corrected chi connectivity index (χ3v) is 2.78. The number of hydrogen-bond acceptors (Lipinski definition) is 3. The molecule has 0 saturated heterocycles. The fraction of sp³-hybridized carbons (Fsp3) is 0.900. The van der Waals surface area contributed by atoms with Gasteiger partial charge in [0, 0.05) is 6.92 Å². The predicted molar refractivity (Wildman–Crippen MR) is 58.1 cm³/mol. The van der Waals surface area contributed by atoms with Crippen LogP contribution in [0.2, 0.25) is 0 Å². The van der Waals surface area contributed by atoms with E-state index >= 15 is 0 Å². The SMILES string of the molecule is CCCCSCC[C@@H](C)OC(C)=O. The molecule has 3 heteroatoms. The van der Waals surface area contributed by atoms with Gasteiger partial charge in [0.1, 0.15) is 0 Å². The molecule has 1 atom stereocenters. The highest BCUT2D eigenvalue weighted by atomic mass is 32.2. The summed E-state index contributed by atoms with van der Waals surface area (Å²) in [6.07, 6.45) is 3.58. The van der Waals surface area contributed by atoms with E-state index in [4.69, 9.17) is 4.74 Å². The molecule has 0 aromatic carbocycles. The lowest BCUT2D eigenvalue weighted by Crippen LogP contribution is -2.12. The number of carbonyl (C=O) groups is 1. The van der Waals surface area contributed by atoms with Crippen LogP contribution in [-0.4, -0.2) is 23.6 Å². The summed E-state index contributed by atoms with van der Waals surface area (Å²) in [6.45, 7) is 5.60. The van der Waals surface area contributed by atoms with Crippen LogP contribution in [0.25, 0.3) is 0 Å². The normalized spacial score (nSPS) is 12.5. The second-order valence-electron chi connectivity index (χ2n) is 3.17. The second kappa shape index (κ2) is 8.42. The average Bonchev–Trinajstić information content (AvgIpc) is 2.02. The summed E-state index contributed by atoms with van der Waals surface area (Å²) in [5.74, 6) is 2.14. The first-order valence-corrected chi connectivity index (χ1v) is 6.07. The van der Waals surface area contributed by atoms with Crippen LogP contribution in [0.15, 0.2) is 0 Å². The number of carbonyl (C=O) groups excluding carboxylic acids is 1. The van der Waals surface area contributed by atoms with Crippen LogP contribution < -0.4 is 0 Å². The van der Waals surface area contributed by atoms with Crippen molar-refractivity contribution in [3.8, 4) is 0 Å². The first-order valence-electron chi connectivity index (χ1n) is 4.91. The Kier molecular flexibility index (Phi) is 8.30. The van der Waals surface area contributed by atoms with Gasteiger partial charge in [-0.2, -0.15) is 11.8 Å². The van der Waals surface area contributed by atoms with Crippen molar-refractivity contribution in [2.75, 3.05) is 11.5 Å². The molecule has 0 fully saturated rings. The van der Waals surface area contributed by atoms with Crippen molar-refractivity contribution >= 4 is 17.7 Å². The van der Waals surface area contributed by atoms with Gasteiger partial charge in [0.2, 0.25) is 0 Å². The predicted octanol–water partition coefficient (Wildman–Crippen LogP) is 2.86. The fourth-order valence-corrected chi connectivity index (χ4v) is 2.14. The third-order valence-electron chi connectivity index (χ3n) is 1.68. The molecule has 2 nitrogen and oxygen atoms in total. The average molecular weight is 204 g/mol. The molecule has 0 aliphatic rings. The van der Waals surface area contributed by atoms with E-state index in [2.05, 4.69) is 6.92 Å². The van der Waals surface area contributed by atoms with E-state index in [9.17, 15) is 4.79 Å². The van der Waals surface area contributed by atoms with Gasteiger partial charge in [-0.05, 0) is 31.3 Å². The Balaban J connectivity index is 3.17. The van der Waals surface area contributed by atoms with E-state index in [-0.39, 0.29) is 12.1 Å². The number of thioether (sulfide) groups is 1. The van der Waals surface area contributed by atoms with Gasteiger partial charge >= 0.3 is 5.97 Å². The van der Waals surface area contributed by atoms with Crippen molar-refractivity contribution in [2.24, 2.45) is 0 Å². The summed E-state index contributed by atoms with van der Waals surface area (Å²) in [4.78, 5) is 10.6. The molecule has 0 aliphatic heterocycles. The van der Waals surface area contributed by atoms with E-state index in [1.54, 1.807) is 0 Å². The van der Waals surface area contributed by atoms with Crippen LogP contribution in [0.3, 0.4) is 0 Å². The smallest absolute Gasteiger partial charge is 0.302 e. The zero-order chi connectivity index (χ0) is 10.1. The van der Waals surface area contributed by atoms with Gasteiger partial charge in [-0.3, -0.25) is 4.79 Å². The number of ether oxygens (including phenoxy) is 1. The standard InChI is InChI=1S/C10H20O2S/c1-4-5-7-13-8-6-9(2)12-10(3)11/h9H,4-8H2,1-3H3/t9-/m1/s1. The van der Waals surface area contributed by atoms with Gasteiger partial charge in [-0.15, -0.1) is 0 Å². The zero-order valence-corrected chi connectivity index (χ0v) is 9.65. The number of hydrogen-bond donors (Lipinski definition) is 0. The largest absolute Gasteiger partial charge is 0.463 e. The molecule has 0 unspecified atom stereocenters. The van der Waals surface area contributed by atoms with Gasteiger partial charge in [0.05, 0.1) is 6.10 Å². The molecule has 0 rings (SSSR count). The molecule has 0 N–H and O–H groups in total. The minimum atomic E-state index is -0.175. The molecule has 78 valence electrons. The second-order valence-corrected chi connectivity index (χ2v) is 4.40. The Bertz CT molecular complexity index is 137. The first kappa shape index (κ1) is 12.8. The van der Waals surface area contributed by atoms with Gasteiger partial charge in [0.15, 0.2) is 0 Å². The minimum absolute atomic E-state index is 0.0756. The molecular weight excluding hydrogens is 184 g/mol. The molecule has 0 aromatic heterocycles. The fourth-order valence-electron chi connectivity index (χ4n) is 0.940. The Morgan fingerprint density at radius 2 is 2.15 bits per heavy atom. The van der Waals surface area contributed by atoms with Gasteiger partial charge in [-0.1, -0.05) is 13.3 Å². The molecule has 0 heterocycles. The highest BCUT2D eigenvalue weighted by Crippen LogP contribution is 2.09. The molecule has 0 amide bonds. The van der Waals surface area contributed by atoms with Crippen molar-refractivity contribution in [2.45, 2.75) is 46.1 Å². The minimum Gasteiger partial charge on any atom is -0.463 e. The van der Waals surface area contributed by atoms with Crippen LogP contribution in [0.5, 0.6) is 0 Å². The Hall–Kier alpha value is -0.180. The van der Waals surface area contributed by atoms with Crippen LogP contribution in [0, 0.1) is 0 Å². The molecular formula is C10H20O2S. The van der Waals surface area contributed by atoms with Crippen molar-refractivity contribution in [1.82, 2.24) is 0 Å². The Morgan fingerprint density at radius 3 is 2.69 bits per heavy atom. The van der Waals surface area contributed by atoms with E-state index in [1.807, 2.05) is 18.7 Å². The maximum absolute atomic E-state index is 10.6. The summed E-state index contributed by atoms with van der Waals surface area (Å²) in [7, 11) is 0. The van der Waals surface area contributed by atoms with E-state index in [1.165, 1.54) is 25.5 Å². The molecule has 0 spiro atoms. The van der Waals surface area contributed by atoms with Crippen molar-refractivity contribution in [3.63, 3.8) is 0 Å². The van der Waals surface area contributed by atoms with Crippen LogP contribution in [0.1, 0.15) is 40.0 Å². The van der Waals surface area contributed by atoms with E-state index in [0.717, 1.165) is 12.2 Å². The van der Waals surface area contributed by atoms with Gasteiger partial charge in [0.25, 0.3) is 0 Å². The monoisotopic (exact) mass is 204 g/mol. The molecule has 0 saturated carbocycles. The summed E-state index contributed by atoms with van der Waals surface area (Å²) in [5, 5.41) is 0. The van der Waals surface area contributed by atoms with Crippen LogP contribution in [-0.2, 0) is 9.53 Å². The lowest BCUT2D eigenvalue weighted by atomic mass is 10.3. The topological polar surface area (TPSA) is 26.3 Å². The van der Waals surface area contributed by atoms with Gasteiger partial charge in [-0.25, -0.2) is 0 Å². The highest BCUT2D eigenvalue weighted by Gasteiger charge is 2.04. The lowest BCUT2D eigenvalue weighted by molar-refractivity contribution is -0.145. The summed E-state index contributed by atoms with van der Waals surface area (Å²) in [6, 6.07) is 0. The van der Waals surface area contributed by atoms with Crippen LogP contribution >= 0.6 is 11.8 Å². The Morgan fingerprint density at radius 1 is 1.46 bits per heavy atom. The molecule has 0 radical (unpaired) electrons. The first-order chi connectivity index (χ1) is 6.16. The third kappa shape index (κ3) is 9.74. The van der Waals surface area contributed by atoms with E-state index < -0.39 is 0 Å². The van der Waals surface area contributed by atoms with Crippen molar-refractivity contribution < 1.29 is 9.53 Å². The van der Waals surface area contributed by atoms with E-state index in [0.29, 0.717) is 0 Å². The zero-order valence-electron chi connectivity index (χ0n) is 8.84. The quantitative estimate of drug-likeness (QED) is 0.471. The lowest BCUT2D eigenvalue weighted by Gasteiger charge is -2.10. The number of rotatable bonds is 7. The maximum atomic E-state index is 10.6. The molecule has 0 bridgehead atoms. The molecule has 0 aromatic rings. The van der Waals surface area contributed by atoms with Crippen molar-refractivity contribution in [1.29, 1.82) is 0 Å². The Labute approximate surface area is 85.4 Å². The molecule has 0 aliphatic carbocycles. The molecule has 13 heavy (non-hydrogen) atoms. The van der Waals surface area contributed by atoms with Gasteiger partial charge < -0.3 is 4.74 Å². The summed E-state index contributed by atoms with van der Waals surface area (Å²) < 4.78 is 5.00.